The highest BCUT2D eigenvalue weighted by molar-refractivity contribution is 9.10. The molecule has 0 radical (unpaired) electrons. The van der Waals surface area contributed by atoms with Crippen molar-refractivity contribution < 1.29 is 19.6 Å². The Morgan fingerprint density at radius 2 is 2.10 bits per heavy atom. The first-order valence-electron chi connectivity index (χ1n) is 6.25. The number of nitro groups is 1. The fourth-order valence-electron chi connectivity index (χ4n) is 2.08. The summed E-state index contributed by atoms with van der Waals surface area (Å²) in [6, 6.07) is 1.29. The van der Waals surface area contributed by atoms with Crippen molar-refractivity contribution in [3.63, 3.8) is 0 Å². The predicted molar refractivity (Wildman–Crippen MR) is 77.9 cm³/mol. The summed E-state index contributed by atoms with van der Waals surface area (Å²) in [4.78, 5) is 23.7. The van der Waals surface area contributed by atoms with Crippen molar-refractivity contribution >= 4 is 27.7 Å². The molecule has 114 valence electrons. The first-order chi connectivity index (χ1) is 9.60. The zero-order valence-electron chi connectivity index (χ0n) is 11.8. The van der Waals surface area contributed by atoms with Crippen LogP contribution in [-0.2, 0) is 17.8 Å². The van der Waals surface area contributed by atoms with Crippen LogP contribution in [-0.4, -0.2) is 26.6 Å². The van der Waals surface area contributed by atoms with Gasteiger partial charge in [-0.2, -0.15) is 0 Å². The summed E-state index contributed by atoms with van der Waals surface area (Å²) in [5, 5.41) is 20.7. The predicted octanol–water partition coefficient (Wildman–Crippen LogP) is 3.31. The SMILES string of the molecule is CC(C)(C)OC(=O)N1Cc2cc([N+](=O)[O-])c(O)c(Br)c2C1. The van der Waals surface area contributed by atoms with Crippen molar-refractivity contribution in [3.05, 3.63) is 31.8 Å². The van der Waals surface area contributed by atoms with Crippen LogP contribution < -0.4 is 0 Å². The second kappa shape index (κ2) is 5.18. The van der Waals surface area contributed by atoms with Gasteiger partial charge in [0, 0.05) is 12.6 Å². The zero-order chi connectivity index (χ0) is 15.9. The molecule has 2 rings (SSSR count). The highest BCUT2D eigenvalue weighted by atomic mass is 79.9. The first-order valence-corrected chi connectivity index (χ1v) is 7.05. The smallest absolute Gasteiger partial charge is 0.410 e. The number of aromatic hydroxyl groups is 1. The Morgan fingerprint density at radius 3 is 2.62 bits per heavy atom. The number of ether oxygens (including phenoxy) is 1. The third-order valence-corrected chi connectivity index (χ3v) is 3.83. The minimum Gasteiger partial charge on any atom is -0.501 e. The number of nitro benzene ring substituents is 1. The van der Waals surface area contributed by atoms with Gasteiger partial charge in [0.25, 0.3) is 0 Å². The van der Waals surface area contributed by atoms with Crippen LogP contribution in [0.3, 0.4) is 0 Å². The van der Waals surface area contributed by atoms with Crippen LogP contribution in [0.1, 0.15) is 31.9 Å². The van der Waals surface area contributed by atoms with E-state index in [1.165, 1.54) is 11.0 Å². The van der Waals surface area contributed by atoms with Crippen molar-refractivity contribution in [2.75, 3.05) is 0 Å². The number of hydrogen-bond donors (Lipinski definition) is 1. The lowest BCUT2D eigenvalue weighted by Gasteiger charge is -2.24. The normalized spacial score (nSPS) is 14.0. The number of phenols is 1. The fraction of sp³-hybridized carbons (Fsp3) is 0.462. The van der Waals surface area contributed by atoms with Gasteiger partial charge in [-0.15, -0.1) is 0 Å². The Bertz CT molecular complexity index is 624. The summed E-state index contributed by atoms with van der Waals surface area (Å²) in [6.45, 7) is 5.74. The number of rotatable bonds is 1. The first kappa shape index (κ1) is 15.6. The molecule has 1 aromatic carbocycles. The Labute approximate surface area is 129 Å². The van der Waals surface area contributed by atoms with E-state index >= 15 is 0 Å². The molecule has 0 saturated heterocycles. The molecule has 0 fully saturated rings. The van der Waals surface area contributed by atoms with Crippen LogP contribution in [0.15, 0.2) is 10.5 Å². The summed E-state index contributed by atoms with van der Waals surface area (Å²) in [7, 11) is 0. The van der Waals surface area contributed by atoms with Crippen molar-refractivity contribution in [2.45, 2.75) is 39.5 Å². The topological polar surface area (TPSA) is 92.9 Å². The quantitative estimate of drug-likeness (QED) is 0.613. The Kier molecular flexibility index (Phi) is 3.83. The molecule has 1 amide bonds. The molecule has 1 heterocycles. The molecule has 7 nitrogen and oxygen atoms in total. The van der Waals surface area contributed by atoms with Crippen molar-refractivity contribution in [1.29, 1.82) is 0 Å². The molecule has 1 aromatic rings. The van der Waals surface area contributed by atoms with E-state index in [1.54, 1.807) is 20.8 Å². The molecule has 0 bridgehead atoms. The average molecular weight is 359 g/mol. The van der Waals surface area contributed by atoms with E-state index < -0.39 is 22.4 Å². The summed E-state index contributed by atoms with van der Waals surface area (Å²) in [6.07, 6.45) is -0.493. The van der Waals surface area contributed by atoms with E-state index in [2.05, 4.69) is 15.9 Å². The average Bonchev–Trinajstić information content (AvgIpc) is 2.75. The lowest BCUT2D eigenvalue weighted by molar-refractivity contribution is -0.386. The van der Waals surface area contributed by atoms with E-state index in [0.29, 0.717) is 11.1 Å². The minimum atomic E-state index is -0.656. The summed E-state index contributed by atoms with van der Waals surface area (Å²) in [5.41, 5.74) is 0.282. The second-order valence-corrected chi connectivity index (χ2v) is 6.58. The fourth-order valence-corrected chi connectivity index (χ4v) is 2.66. The van der Waals surface area contributed by atoms with E-state index in [9.17, 15) is 20.0 Å². The number of nitrogens with zero attached hydrogens (tertiary/aromatic N) is 2. The van der Waals surface area contributed by atoms with E-state index in [0.717, 1.165) is 0 Å². The number of carbonyl (C=O) groups excluding carboxylic acids is 1. The molecule has 0 spiro atoms. The van der Waals surface area contributed by atoms with Gasteiger partial charge >= 0.3 is 11.8 Å². The van der Waals surface area contributed by atoms with Gasteiger partial charge in [0.15, 0.2) is 0 Å². The maximum Gasteiger partial charge on any atom is 0.410 e. The molecule has 0 atom stereocenters. The number of fused-ring (bicyclic) bond motifs is 1. The van der Waals surface area contributed by atoms with Crippen molar-refractivity contribution in [2.24, 2.45) is 0 Å². The molecule has 0 aliphatic carbocycles. The Hall–Kier alpha value is -1.83. The van der Waals surface area contributed by atoms with Gasteiger partial charge in [0.1, 0.15) is 5.60 Å². The van der Waals surface area contributed by atoms with E-state index in [4.69, 9.17) is 4.74 Å². The number of carbonyl (C=O) groups is 1. The van der Waals surface area contributed by atoms with E-state index in [-0.39, 0.29) is 23.2 Å². The van der Waals surface area contributed by atoms with Gasteiger partial charge in [0.2, 0.25) is 5.75 Å². The third-order valence-electron chi connectivity index (χ3n) is 2.97. The maximum atomic E-state index is 12.0. The third kappa shape index (κ3) is 3.10. The number of benzene rings is 1. The van der Waals surface area contributed by atoms with Crippen molar-refractivity contribution in [1.82, 2.24) is 4.90 Å². The molecular weight excluding hydrogens is 344 g/mol. The molecule has 8 heteroatoms. The van der Waals surface area contributed by atoms with Crippen LogP contribution in [0, 0.1) is 10.1 Å². The standard InChI is InChI=1S/C13H15BrN2O5/c1-13(2,3)21-12(18)15-5-7-4-9(16(19)20)11(17)10(14)8(7)6-15/h4,17H,5-6H2,1-3H3. The van der Waals surface area contributed by atoms with Gasteiger partial charge < -0.3 is 9.84 Å². The molecule has 21 heavy (non-hydrogen) atoms. The molecule has 0 saturated carbocycles. The van der Waals surface area contributed by atoms with Crippen LogP contribution >= 0.6 is 15.9 Å². The van der Waals surface area contributed by atoms with Gasteiger partial charge in [-0.1, -0.05) is 0 Å². The molecule has 0 unspecified atom stereocenters. The monoisotopic (exact) mass is 358 g/mol. The zero-order valence-corrected chi connectivity index (χ0v) is 13.4. The summed E-state index contributed by atoms with van der Waals surface area (Å²) >= 11 is 3.16. The van der Waals surface area contributed by atoms with Gasteiger partial charge in [-0.3, -0.25) is 15.0 Å². The maximum absolute atomic E-state index is 12.0. The Morgan fingerprint density at radius 1 is 1.48 bits per heavy atom. The number of amides is 1. The highest BCUT2D eigenvalue weighted by Gasteiger charge is 2.32. The largest absolute Gasteiger partial charge is 0.501 e. The van der Waals surface area contributed by atoms with Gasteiger partial charge in [0.05, 0.1) is 15.9 Å². The molecule has 1 N–H and O–H groups in total. The Balaban J connectivity index is 2.29. The minimum absolute atomic E-state index is 0.212. The molecule has 1 aliphatic rings. The van der Waals surface area contributed by atoms with Gasteiger partial charge in [-0.25, -0.2) is 4.79 Å². The van der Waals surface area contributed by atoms with Crippen LogP contribution in [0.2, 0.25) is 0 Å². The molecular formula is C13H15BrN2O5. The number of phenolic OH excluding ortho intramolecular Hbond substituents is 1. The highest BCUT2D eigenvalue weighted by Crippen LogP contribution is 2.42. The second-order valence-electron chi connectivity index (χ2n) is 5.79. The lowest BCUT2D eigenvalue weighted by Crippen LogP contribution is -2.33. The molecule has 0 aromatic heterocycles. The molecule has 1 aliphatic heterocycles. The van der Waals surface area contributed by atoms with Crippen molar-refractivity contribution in [3.8, 4) is 5.75 Å². The van der Waals surface area contributed by atoms with Crippen LogP contribution in [0.5, 0.6) is 5.75 Å². The van der Waals surface area contributed by atoms with E-state index in [1.807, 2.05) is 0 Å². The van der Waals surface area contributed by atoms with Crippen LogP contribution in [0.4, 0.5) is 10.5 Å². The lowest BCUT2D eigenvalue weighted by atomic mass is 10.1. The number of hydrogen-bond acceptors (Lipinski definition) is 5. The summed E-state index contributed by atoms with van der Waals surface area (Å²) < 4.78 is 5.52. The van der Waals surface area contributed by atoms with Gasteiger partial charge in [-0.05, 0) is 47.8 Å². The van der Waals surface area contributed by atoms with Crippen LogP contribution in [0.25, 0.3) is 0 Å². The summed E-state index contributed by atoms with van der Waals surface area (Å²) in [5.74, 6) is -0.426. The number of halogens is 1.